The Morgan fingerprint density at radius 2 is 1.78 bits per heavy atom. The smallest absolute Gasteiger partial charge is 0.210 e. The van der Waals surface area contributed by atoms with Gasteiger partial charge in [-0.25, -0.2) is 0 Å². The minimum absolute atomic E-state index is 0.0284. The molecule has 54 heavy (non-hydrogen) atoms. The Labute approximate surface area is 321 Å². The first kappa shape index (κ1) is 43.4. The molecule has 18 unspecified atom stereocenters. The highest BCUT2D eigenvalue weighted by Crippen LogP contribution is 2.47. The third-order valence-corrected chi connectivity index (χ3v) is 13.6. The zero-order chi connectivity index (χ0) is 39.6. The second-order valence-corrected chi connectivity index (χ2v) is 17.4. The van der Waals surface area contributed by atoms with Crippen LogP contribution in [0.5, 0.6) is 0 Å². The summed E-state index contributed by atoms with van der Waals surface area (Å²) in [4.78, 5) is 12.8. The minimum Gasteiger partial charge on any atom is -0.461 e. The van der Waals surface area contributed by atoms with E-state index >= 15 is 0 Å². The minimum atomic E-state index is -1.60. The van der Waals surface area contributed by atoms with E-state index in [0.29, 0.717) is 30.8 Å². The van der Waals surface area contributed by atoms with Gasteiger partial charge >= 0.3 is 0 Å². The molecule has 1 aliphatic carbocycles. The molecule has 1 saturated carbocycles. The van der Waals surface area contributed by atoms with Gasteiger partial charge in [-0.2, -0.15) is 0 Å². The van der Waals surface area contributed by atoms with Gasteiger partial charge in [0, 0.05) is 25.6 Å². The molecule has 4 aliphatic heterocycles. The summed E-state index contributed by atoms with van der Waals surface area (Å²) >= 11 is 0. The van der Waals surface area contributed by atoms with Crippen molar-refractivity contribution >= 4 is 5.78 Å². The molecule has 0 aromatic heterocycles. The number of aliphatic hydroxyl groups excluding tert-OH is 6. The van der Waals surface area contributed by atoms with E-state index in [-0.39, 0.29) is 60.6 Å². The predicted molar refractivity (Wildman–Crippen MR) is 201 cm³/mol. The maximum Gasteiger partial charge on any atom is 0.210 e. The second-order valence-electron chi connectivity index (χ2n) is 17.4. The zero-order valence-electron chi connectivity index (χ0n) is 33.4. The van der Waals surface area contributed by atoms with Crippen LogP contribution >= 0.6 is 0 Å². The van der Waals surface area contributed by atoms with Crippen molar-refractivity contribution in [3.63, 3.8) is 0 Å². The molecule has 5 aliphatic rings. The molecule has 5 fully saturated rings. The number of rotatable bonds is 14. The lowest BCUT2D eigenvalue weighted by atomic mass is 9.62. The van der Waals surface area contributed by atoms with Crippen LogP contribution in [-0.4, -0.2) is 124 Å². The van der Waals surface area contributed by atoms with Gasteiger partial charge in [0.25, 0.3) is 0 Å². The van der Waals surface area contributed by atoms with Crippen molar-refractivity contribution in [3.05, 3.63) is 35.6 Å². The van der Waals surface area contributed by atoms with Crippen molar-refractivity contribution in [3.8, 4) is 0 Å². The Bertz CT molecular complexity index is 1350. The van der Waals surface area contributed by atoms with Crippen LogP contribution in [0.3, 0.4) is 0 Å². The first-order valence-electron chi connectivity index (χ1n) is 20.3. The van der Waals surface area contributed by atoms with Gasteiger partial charge in [-0.3, -0.25) is 4.79 Å². The Hall–Kier alpha value is -1.71. The first-order valence-corrected chi connectivity index (χ1v) is 20.3. The number of methoxy groups -OCH3 is 1. The van der Waals surface area contributed by atoms with E-state index in [1.807, 2.05) is 19.9 Å². The largest absolute Gasteiger partial charge is 0.461 e. The van der Waals surface area contributed by atoms with E-state index in [1.165, 1.54) is 7.11 Å². The van der Waals surface area contributed by atoms with Crippen molar-refractivity contribution in [2.24, 2.45) is 41.4 Å². The first-order chi connectivity index (χ1) is 25.6. The van der Waals surface area contributed by atoms with E-state index < -0.39 is 66.5 Å². The number of Topliss-reactive ketones (excluding diaryl/α,β-unsaturated/α-hetero) is 1. The number of carbonyl (C=O) groups is 1. The van der Waals surface area contributed by atoms with E-state index in [1.54, 1.807) is 0 Å². The van der Waals surface area contributed by atoms with Crippen LogP contribution in [0.1, 0.15) is 92.9 Å². The van der Waals surface area contributed by atoms with Gasteiger partial charge in [0.2, 0.25) is 12.1 Å². The molecule has 12 heteroatoms. The van der Waals surface area contributed by atoms with Crippen LogP contribution < -0.4 is 0 Å². The van der Waals surface area contributed by atoms with Crippen LogP contribution in [0, 0.1) is 41.4 Å². The summed E-state index contributed by atoms with van der Waals surface area (Å²) in [6.07, 6.45) is 4.00. The fourth-order valence-corrected chi connectivity index (χ4v) is 10.4. The van der Waals surface area contributed by atoms with Crippen LogP contribution in [0.2, 0.25) is 0 Å². The predicted octanol–water partition coefficient (Wildman–Crippen LogP) is 3.59. The highest BCUT2D eigenvalue weighted by atomic mass is 16.6. The summed E-state index contributed by atoms with van der Waals surface area (Å²) in [5.74, 6) is -3.62. The molecular weight excluding hydrogens is 696 g/mol. The summed E-state index contributed by atoms with van der Waals surface area (Å²) in [5.41, 5.74) is 1.39. The second kappa shape index (κ2) is 18.3. The van der Waals surface area contributed by atoms with Gasteiger partial charge in [0.05, 0.1) is 67.1 Å². The van der Waals surface area contributed by atoms with Crippen molar-refractivity contribution in [2.75, 3.05) is 20.3 Å². The molecule has 0 spiro atoms. The molecule has 0 aromatic rings. The molecule has 0 aromatic carbocycles. The van der Waals surface area contributed by atoms with Gasteiger partial charge in [0.1, 0.15) is 5.92 Å². The van der Waals surface area contributed by atoms with Crippen LogP contribution in [-0.2, 0) is 28.5 Å². The highest BCUT2D eigenvalue weighted by molar-refractivity contribution is 5.97. The monoisotopic (exact) mass is 764 g/mol. The zero-order valence-corrected chi connectivity index (χ0v) is 33.4. The molecule has 308 valence electrons. The third kappa shape index (κ3) is 8.88. The summed E-state index contributed by atoms with van der Waals surface area (Å²) in [7, 11) is 1.39. The molecule has 0 bridgehead atoms. The fraction of sp³-hybridized carbons (Fsp3) is 0.833. The Morgan fingerprint density at radius 3 is 2.39 bits per heavy atom. The number of ketones is 1. The maximum absolute atomic E-state index is 12.8. The maximum atomic E-state index is 12.8. The Balaban J connectivity index is 1.31. The standard InChI is InChI=1S/C42H68O12/c1-9-29(45)32-14-15-33(52-32)42(7)18-24(5)30(54-42)12-10-21(2)39-22(3)11-13-31(53-39)27(19-43)17-26-16-23(4)36(46)28(20-44)34(26)40(50-8)38(48)35-37(47)25(6)51-41(35)49/h10,17,22-24,26,28-36,38-41,43-46,48-49H,6,9,11-16,18-20H2,1-5,7-8H3/b21-10+,27-17+. The van der Waals surface area contributed by atoms with Gasteiger partial charge in [-0.05, 0) is 100 Å². The van der Waals surface area contributed by atoms with E-state index in [0.717, 1.165) is 37.7 Å². The molecular formula is C42H68O12. The Morgan fingerprint density at radius 1 is 1.06 bits per heavy atom. The summed E-state index contributed by atoms with van der Waals surface area (Å²) < 4.78 is 30.8. The Kier molecular flexibility index (Phi) is 14.7. The van der Waals surface area contributed by atoms with Crippen molar-refractivity contribution in [2.45, 2.75) is 160 Å². The average Bonchev–Trinajstić information content (AvgIpc) is 3.83. The fourth-order valence-electron chi connectivity index (χ4n) is 10.4. The highest BCUT2D eigenvalue weighted by Gasteiger charge is 2.53. The molecule has 18 atom stereocenters. The van der Waals surface area contributed by atoms with Gasteiger partial charge < -0.3 is 54.3 Å². The lowest BCUT2D eigenvalue weighted by Gasteiger charge is -2.47. The van der Waals surface area contributed by atoms with Gasteiger partial charge in [-0.15, -0.1) is 0 Å². The van der Waals surface area contributed by atoms with E-state index in [9.17, 15) is 35.4 Å². The number of hydrogen-bond donors (Lipinski definition) is 6. The molecule has 0 amide bonds. The van der Waals surface area contributed by atoms with E-state index in [2.05, 4.69) is 40.3 Å². The molecule has 12 nitrogen and oxygen atoms in total. The lowest BCUT2D eigenvalue weighted by molar-refractivity contribution is -0.167. The van der Waals surface area contributed by atoms with Gasteiger partial charge in [0.15, 0.2) is 5.76 Å². The summed E-state index contributed by atoms with van der Waals surface area (Å²) in [6, 6.07) is 0. The summed E-state index contributed by atoms with van der Waals surface area (Å²) in [5, 5.41) is 64.9. The molecule has 0 radical (unpaired) electrons. The normalized spacial score (nSPS) is 44.0. The molecule has 4 saturated heterocycles. The van der Waals surface area contributed by atoms with Gasteiger partial charge in [-0.1, -0.05) is 46.4 Å². The SMILES string of the molecule is C=C1OC(O)C(C(O)C(OC)C2C(/C=C(\CO)C3CCC(C)C(/C(C)=C/CC4OC(C)(C5CCC(C(O)CC)O5)CC4C)O3)CC(C)C(O)C2CO)C1=O. The van der Waals surface area contributed by atoms with Crippen molar-refractivity contribution in [1.82, 2.24) is 0 Å². The van der Waals surface area contributed by atoms with Crippen LogP contribution in [0.25, 0.3) is 0 Å². The number of aliphatic hydroxyl groups is 6. The summed E-state index contributed by atoms with van der Waals surface area (Å²) in [6.45, 7) is 15.4. The quantitative estimate of drug-likeness (QED) is 0.112. The number of ether oxygens (including phenoxy) is 5. The van der Waals surface area contributed by atoms with Crippen LogP contribution in [0.4, 0.5) is 0 Å². The lowest BCUT2D eigenvalue weighted by Crippen LogP contribution is -2.55. The molecule has 6 N–H and O–H groups in total. The third-order valence-electron chi connectivity index (χ3n) is 13.6. The topological polar surface area (TPSA) is 185 Å². The van der Waals surface area contributed by atoms with Crippen molar-refractivity contribution in [1.29, 1.82) is 0 Å². The molecule has 5 rings (SSSR count). The molecule has 4 heterocycles. The van der Waals surface area contributed by atoms with Crippen LogP contribution in [0.15, 0.2) is 35.6 Å². The number of allylic oxidation sites excluding steroid dienone is 2. The number of carbonyl (C=O) groups excluding carboxylic acids is 1. The van der Waals surface area contributed by atoms with E-state index in [4.69, 9.17) is 23.7 Å². The average molecular weight is 765 g/mol. The number of hydrogen-bond acceptors (Lipinski definition) is 12. The van der Waals surface area contributed by atoms with Crippen molar-refractivity contribution < 1.29 is 59.1 Å².